The van der Waals surface area contributed by atoms with Crippen molar-refractivity contribution < 1.29 is 0 Å². The number of pyridine rings is 1. The lowest BCUT2D eigenvalue weighted by molar-refractivity contribution is 0.986. The zero-order valence-corrected chi connectivity index (χ0v) is 12.6. The second-order valence-corrected chi connectivity index (χ2v) is 5.94. The molecule has 2 N–H and O–H groups in total. The number of hydrogen-bond donors (Lipinski definition) is 1. The Labute approximate surface area is 119 Å². The van der Waals surface area contributed by atoms with Crippen LogP contribution in [0.15, 0.2) is 35.4 Å². The topological polar surface area (TPSA) is 38.9 Å². The zero-order chi connectivity index (χ0) is 13.8. The molecule has 0 aliphatic rings. The summed E-state index contributed by atoms with van der Waals surface area (Å²) in [7, 11) is 0. The molecular formula is C16H20N2S. The summed E-state index contributed by atoms with van der Waals surface area (Å²) >= 11 is 1.77. The monoisotopic (exact) mass is 272 g/mol. The van der Waals surface area contributed by atoms with Crippen LogP contribution in [0.4, 0.5) is 0 Å². The van der Waals surface area contributed by atoms with E-state index in [0.29, 0.717) is 6.54 Å². The summed E-state index contributed by atoms with van der Waals surface area (Å²) in [6.07, 6.45) is 0. The Balaban J connectivity index is 2.11. The first kappa shape index (κ1) is 14.1. The molecule has 2 nitrogen and oxygen atoms in total. The third kappa shape index (κ3) is 4.08. The Hall–Kier alpha value is -1.32. The number of nitrogens with zero attached hydrogens (tertiary/aromatic N) is 1. The first-order chi connectivity index (χ1) is 9.06. The molecule has 0 unspecified atom stereocenters. The molecule has 1 aromatic carbocycles. The summed E-state index contributed by atoms with van der Waals surface area (Å²) in [5.41, 5.74) is 11.9. The van der Waals surface area contributed by atoms with Crippen LogP contribution in [-0.4, -0.2) is 4.98 Å². The van der Waals surface area contributed by atoms with E-state index in [1.807, 2.05) is 13.0 Å². The minimum Gasteiger partial charge on any atom is -0.326 e. The molecule has 0 saturated carbocycles. The van der Waals surface area contributed by atoms with E-state index in [-0.39, 0.29) is 0 Å². The van der Waals surface area contributed by atoms with Crippen LogP contribution in [0.5, 0.6) is 0 Å². The predicted molar refractivity (Wildman–Crippen MR) is 82.3 cm³/mol. The second kappa shape index (κ2) is 6.22. The van der Waals surface area contributed by atoms with Crippen LogP contribution in [0.25, 0.3) is 0 Å². The van der Waals surface area contributed by atoms with Crippen LogP contribution in [0, 0.1) is 20.8 Å². The molecule has 3 heteroatoms. The van der Waals surface area contributed by atoms with Gasteiger partial charge in [-0.3, -0.25) is 0 Å². The molecular weight excluding hydrogens is 252 g/mol. The SMILES string of the molecule is Cc1cc(C)cc(CSc2cc(CN)cc(C)n2)c1. The van der Waals surface area contributed by atoms with Gasteiger partial charge in [-0.2, -0.15) is 0 Å². The van der Waals surface area contributed by atoms with Crippen LogP contribution >= 0.6 is 11.8 Å². The fourth-order valence-corrected chi connectivity index (χ4v) is 3.13. The van der Waals surface area contributed by atoms with Crippen molar-refractivity contribution in [1.82, 2.24) is 4.98 Å². The molecule has 0 fully saturated rings. The lowest BCUT2D eigenvalue weighted by atomic mass is 10.1. The molecule has 1 aromatic heterocycles. The summed E-state index contributed by atoms with van der Waals surface area (Å²) < 4.78 is 0. The molecule has 2 rings (SSSR count). The van der Waals surface area contributed by atoms with E-state index in [1.165, 1.54) is 16.7 Å². The molecule has 0 spiro atoms. The van der Waals surface area contributed by atoms with E-state index in [9.17, 15) is 0 Å². The van der Waals surface area contributed by atoms with Crippen molar-refractivity contribution >= 4 is 11.8 Å². The van der Waals surface area contributed by atoms with Crippen LogP contribution in [0.1, 0.15) is 27.9 Å². The van der Waals surface area contributed by atoms with E-state index in [2.05, 4.69) is 43.1 Å². The molecule has 0 saturated heterocycles. The lowest BCUT2D eigenvalue weighted by Gasteiger charge is -2.07. The first-order valence-electron chi connectivity index (χ1n) is 6.44. The molecule has 0 aliphatic heterocycles. The molecule has 19 heavy (non-hydrogen) atoms. The van der Waals surface area contributed by atoms with Gasteiger partial charge in [0.1, 0.15) is 0 Å². The van der Waals surface area contributed by atoms with Gasteiger partial charge >= 0.3 is 0 Å². The Kier molecular flexibility index (Phi) is 4.61. The molecule has 0 radical (unpaired) electrons. The predicted octanol–water partition coefficient (Wildman–Crippen LogP) is 3.76. The normalized spacial score (nSPS) is 10.7. The standard InChI is InChI=1S/C16H20N2S/c1-11-4-12(2)6-15(5-11)10-19-16-8-14(9-17)7-13(3)18-16/h4-8H,9-10,17H2,1-3H3. The van der Waals surface area contributed by atoms with Crippen LogP contribution in [0.3, 0.4) is 0 Å². The highest BCUT2D eigenvalue weighted by Gasteiger charge is 2.02. The second-order valence-electron chi connectivity index (χ2n) is 4.94. The van der Waals surface area contributed by atoms with Gasteiger partial charge in [-0.05, 0) is 44.0 Å². The number of rotatable bonds is 4. The summed E-state index contributed by atoms with van der Waals surface area (Å²) in [5.74, 6) is 0.947. The lowest BCUT2D eigenvalue weighted by Crippen LogP contribution is -1.98. The molecule has 0 aliphatic carbocycles. The van der Waals surface area contributed by atoms with Crippen LogP contribution in [0.2, 0.25) is 0 Å². The molecule has 0 atom stereocenters. The van der Waals surface area contributed by atoms with E-state index < -0.39 is 0 Å². The number of aromatic nitrogens is 1. The average Bonchev–Trinajstić information content (AvgIpc) is 2.34. The quantitative estimate of drug-likeness (QED) is 0.861. The Morgan fingerprint density at radius 2 is 1.63 bits per heavy atom. The highest BCUT2D eigenvalue weighted by atomic mass is 32.2. The summed E-state index contributed by atoms with van der Waals surface area (Å²) in [6, 6.07) is 10.8. The number of hydrogen-bond acceptors (Lipinski definition) is 3. The van der Waals surface area contributed by atoms with Gasteiger partial charge in [-0.15, -0.1) is 11.8 Å². The number of nitrogens with two attached hydrogens (primary N) is 1. The van der Waals surface area contributed by atoms with Gasteiger partial charge < -0.3 is 5.73 Å². The van der Waals surface area contributed by atoms with Gasteiger partial charge in [0.2, 0.25) is 0 Å². The van der Waals surface area contributed by atoms with E-state index >= 15 is 0 Å². The summed E-state index contributed by atoms with van der Waals surface area (Å²) in [6.45, 7) is 6.86. The van der Waals surface area contributed by atoms with E-state index in [4.69, 9.17) is 5.73 Å². The highest BCUT2D eigenvalue weighted by molar-refractivity contribution is 7.98. The average molecular weight is 272 g/mol. The van der Waals surface area contributed by atoms with E-state index in [0.717, 1.165) is 22.0 Å². The number of benzene rings is 1. The first-order valence-corrected chi connectivity index (χ1v) is 7.43. The summed E-state index contributed by atoms with van der Waals surface area (Å²) in [4.78, 5) is 4.55. The third-order valence-corrected chi connectivity index (χ3v) is 3.88. The van der Waals surface area contributed by atoms with Crippen LogP contribution < -0.4 is 5.73 Å². The smallest absolute Gasteiger partial charge is 0.0969 e. The van der Waals surface area contributed by atoms with Crippen molar-refractivity contribution in [2.75, 3.05) is 0 Å². The maximum Gasteiger partial charge on any atom is 0.0969 e. The van der Waals surface area contributed by atoms with E-state index in [1.54, 1.807) is 11.8 Å². The molecule has 100 valence electrons. The van der Waals surface area contributed by atoms with Crippen molar-refractivity contribution in [3.05, 3.63) is 58.3 Å². The Morgan fingerprint density at radius 1 is 0.947 bits per heavy atom. The fourth-order valence-electron chi connectivity index (χ4n) is 2.21. The Bertz CT molecular complexity index is 559. The Morgan fingerprint density at radius 3 is 2.26 bits per heavy atom. The van der Waals surface area contributed by atoms with Gasteiger partial charge in [-0.25, -0.2) is 4.98 Å². The maximum atomic E-state index is 5.70. The van der Waals surface area contributed by atoms with Crippen molar-refractivity contribution in [3.63, 3.8) is 0 Å². The minimum atomic E-state index is 0.570. The van der Waals surface area contributed by atoms with Gasteiger partial charge in [-0.1, -0.05) is 29.3 Å². The van der Waals surface area contributed by atoms with Crippen molar-refractivity contribution in [2.24, 2.45) is 5.73 Å². The van der Waals surface area contributed by atoms with Crippen molar-refractivity contribution in [1.29, 1.82) is 0 Å². The third-order valence-electron chi connectivity index (χ3n) is 2.89. The molecule has 2 aromatic rings. The maximum absolute atomic E-state index is 5.70. The van der Waals surface area contributed by atoms with Gasteiger partial charge in [0.25, 0.3) is 0 Å². The van der Waals surface area contributed by atoms with Crippen molar-refractivity contribution in [3.8, 4) is 0 Å². The van der Waals surface area contributed by atoms with Gasteiger partial charge in [0.05, 0.1) is 5.03 Å². The van der Waals surface area contributed by atoms with Gasteiger partial charge in [0.15, 0.2) is 0 Å². The fraction of sp³-hybridized carbons (Fsp3) is 0.312. The molecule has 1 heterocycles. The molecule has 0 amide bonds. The van der Waals surface area contributed by atoms with Crippen molar-refractivity contribution in [2.45, 2.75) is 38.1 Å². The molecule has 0 bridgehead atoms. The minimum absolute atomic E-state index is 0.570. The number of aryl methyl sites for hydroxylation is 3. The summed E-state index contributed by atoms with van der Waals surface area (Å²) in [5, 5.41) is 1.06. The van der Waals surface area contributed by atoms with Gasteiger partial charge in [0, 0.05) is 18.0 Å². The van der Waals surface area contributed by atoms with Crippen LogP contribution in [-0.2, 0) is 12.3 Å². The zero-order valence-electron chi connectivity index (χ0n) is 11.7. The number of thioether (sulfide) groups is 1. The highest BCUT2D eigenvalue weighted by Crippen LogP contribution is 2.23. The largest absolute Gasteiger partial charge is 0.326 e.